The van der Waals surface area contributed by atoms with Crippen LogP contribution >= 0.6 is 0 Å². The number of aryl methyl sites for hydroxylation is 1. The van der Waals surface area contributed by atoms with Crippen LogP contribution in [0.2, 0.25) is 0 Å². The van der Waals surface area contributed by atoms with E-state index in [1.165, 1.54) is 26.0 Å². The van der Waals surface area contributed by atoms with Crippen LogP contribution in [0.15, 0.2) is 12.1 Å². The first kappa shape index (κ1) is 5.83. The number of hydrogen-bond donors (Lipinski definition) is 2. The number of hydrogen-bond acceptors (Lipinski definition) is 3. The van der Waals surface area contributed by atoms with Gasteiger partial charge >= 0.3 is 0 Å². The van der Waals surface area contributed by atoms with Crippen molar-refractivity contribution in [1.29, 1.82) is 0 Å². The summed E-state index contributed by atoms with van der Waals surface area (Å²) in [7, 11) is 0. The second kappa shape index (κ2) is 5.61. The van der Waals surface area contributed by atoms with Gasteiger partial charge in [0.2, 0.25) is 0 Å². The van der Waals surface area contributed by atoms with Crippen LogP contribution in [0, 0.1) is 6.92 Å². The Morgan fingerprint density at radius 2 is 2.11 bits per heavy atom. The summed E-state index contributed by atoms with van der Waals surface area (Å²) in [5.74, 6) is -1.77. The molecule has 1 aromatic carbocycles. The normalized spacial score (nSPS) is 36.3. The van der Waals surface area contributed by atoms with Crippen LogP contribution in [-0.2, 0) is 0 Å². The highest BCUT2D eigenvalue weighted by atomic mass is 16.5. The largest absolute Gasteiger partial charge is 0.489 e. The molecule has 1 saturated heterocycles. The number of nitrogen functional groups attached to an aromatic ring is 1. The Morgan fingerprint density at radius 1 is 1.44 bits per heavy atom. The van der Waals surface area contributed by atoms with Gasteiger partial charge in [-0.3, -0.25) is 0 Å². The lowest BCUT2D eigenvalue weighted by Crippen LogP contribution is -2.27. The van der Waals surface area contributed by atoms with Crippen LogP contribution in [0.1, 0.15) is 56.0 Å². The van der Waals surface area contributed by atoms with Gasteiger partial charge in [-0.05, 0) is 75.7 Å². The molecule has 3 N–H and O–H groups in total. The van der Waals surface area contributed by atoms with Gasteiger partial charge < -0.3 is 15.8 Å². The lowest BCUT2D eigenvalue weighted by Gasteiger charge is -2.25. The van der Waals surface area contributed by atoms with Crippen LogP contribution in [0.3, 0.4) is 0 Å². The highest BCUT2D eigenvalue weighted by molar-refractivity contribution is 5.57. The minimum atomic E-state index is -2.84. The molecule has 0 aliphatic carbocycles. The topological polar surface area (TPSA) is 47.3 Å². The summed E-state index contributed by atoms with van der Waals surface area (Å²) in [4.78, 5) is 0. The number of anilines is 1. The Balaban J connectivity index is 2.74. The van der Waals surface area contributed by atoms with Crippen molar-refractivity contribution < 1.29 is 17.1 Å². The van der Waals surface area contributed by atoms with Gasteiger partial charge in [0.1, 0.15) is 5.75 Å². The Labute approximate surface area is 122 Å². The van der Waals surface area contributed by atoms with E-state index < -0.39 is 37.7 Å². The van der Waals surface area contributed by atoms with Crippen LogP contribution in [0.5, 0.6) is 5.75 Å². The fourth-order valence-electron chi connectivity index (χ4n) is 1.78. The van der Waals surface area contributed by atoms with Crippen LogP contribution in [-0.4, -0.2) is 19.1 Å². The third kappa shape index (κ3) is 2.96. The summed E-state index contributed by atoms with van der Waals surface area (Å²) in [5, 5.41) is 1.83. The molecule has 3 heteroatoms. The molecule has 0 amide bonds. The van der Waals surface area contributed by atoms with E-state index in [1.807, 2.05) is 5.32 Å². The Hall–Kier alpha value is -1.22. The molecule has 0 unspecified atom stereocenters. The van der Waals surface area contributed by atoms with Crippen LogP contribution in [0.4, 0.5) is 5.69 Å². The van der Waals surface area contributed by atoms with E-state index in [2.05, 4.69) is 0 Å². The second-order valence-corrected chi connectivity index (χ2v) is 4.35. The fraction of sp³-hybridized carbons (Fsp3) is 0.600. The molecule has 0 saturated carbocycles. The first-order valence-electron chi connectivity index (χ1n) is 10.2. The monoisotopic (exact) mass is 257 g/mol. The van der Waals surface area contributed by atoms with Crippen molar-refractivity contribution in [1.82, 2.24) is 5.32 Å². The zero-order chi connectivity index (χ0) is 21.2. The van der Waals surface area contributed by atoms with E-state index in [4.69, 9.17) is 22.8 Å². The third-order valence-electron chi connectivity index (χ3n) is 2.58. The van der Waals surface area contributed by atoms with Crippen molar-refractivity contribution in [3.05, 3.63) is 23.3 Å². The summed E-state index contributed by atoms with van der Waals surface area (Å²) < 4.78 is 78.2. The zero-order valence-electron chi connectivity index (χ0n) is 19.7. The highest BCUT2D eigenvalue weighted by Gasteiger charge is 2.19. The zero-order valence-corrected chi connectivity index (χ0v) is 10.7. The maximum absolute atomic E-state index is 8.27. The molecule has 18 heavy (non-hydrogen) atoms. The number of nitrogens with one attached hydrogen (secondary N) is 1. The van der Waals surface area contributed by atoms with Gasteiger partial charge in [0.25, 0.3) is 0 Å². The molecular weight excluding hydrogens is 224 g/mol. The van der Waals surface area contributed by atoms with Gasteiger partial charge in [-0.1, -0.05) is 0 Å². The van der Waals surface area contributed by atoms with Crippen molar-refractivity contribution in [2.24, 2.45) is 0 Å². The molecule has 1 fully saturated rings. The van der Waals surface area contributed by atoms with Crippen LogP contribution in [0.25, 0.3) is 0 Å². The lowest BCUT2D eigenvalue weighted by atomic mass is 9.87. The molecule has 1 aliphatic rings. The third-order valence-corrected chi connectivity index (χ3v) is 2.58. The molecule has 100 valence electrons. The minimum absolute atomic E-state index is 0.0295. The van der Waals surface area contributed by atoms with Crippen LogP contribution < -0.4 is 15.8 Å². The summed E-state index contributed by atoms with van der Waals surface area (Å²) in [5.41, 5.74) is 6.48. The van der Waals surface area contributed by atoms with Gasteiger partial charge in [-0.15, -0.1) is 0 Å². The number of piperidine rings is 1. The van der Waals surface area contributed by atoms with Gasteiger partial charge in [-0.2, -0.15) is 0 Å². The van der Waals surface area contributed by atoms with Gasteiger partial charge in [0.15, 0.2) is 0 Å². The van der Waals surface area contributed by atoms with Crippen molar-refractivity contribution in [3.8, 4) is 5.75 Å². The average molecular weight is 257 g/mol. The quantitative estimate of drug-likeness (QED) is 0.819. The standard InChI is InChI=1S/C15H24N2O/c1-10(2)18-15-9-13(11(3)8-14(15)16)12-4-6-17-7-5-12/h8-10,12,17H,4-7,16H2,1-3H3/i4D2,5D2,6D2,7D2,10D. The first-order chi connectivity index (χ1) is 11.8. The van der Waals surface area contributed by atoms with E-state index >= 15 is 0 Å². The van der Waals surface area contributed by atoms with E-state index in [0.29, 0.717) is 5.56 Å². The van der Waals surface area contributed by atoms with E-state index in [9.17, 15) is 0 Å². The van der Waals surface area contributed by atoms with Gasteiger partial charge in [0, 0.05) is 11.0 Å². The Bertz CT molecular complexity index is 718. The van der Waals surface area contributed by atoms with E-state index in [0.717, 1.165) is 0 Å². The summed E-state index contributed by atoms with van der Waals surface area (Å²) in [6, 6.07) is 2.70. The van der Waals surface area contributed by atoms with Crippen molar-refractivity contribution in [3.63, 3.8) is 0 Å². The summed E-state index contributed by atoms with van der Waals surface area (Å²) in [6.07, 6.45) is -6.95. The smallest absolute Gasteiger partial charge is 0.142 e. The fourth-order valence-corrected chi connectivity index (χ4v) is 1.78. The molecule has 0 bridgehead atoms. The Kier molecular flexibility index (Phi) is 1.82. The molecule has 1 heterocycles. The molecule has 0 aromatic heterocycles. The van der Waals surface area contributed by atoms with E-state index in [1.54, 1.807) is 6.92 Å². The average Bonchev–Trinajstić information content (AvgIpc) is 2.39. The maximum Gasteiger partial charge on any atom is 0.142 e. The number of nitrogens with two attached hydrogens (primary N) is 1. The van der Waals surface area contributed by atoms with E-state index in [-0.39, 0.29) is 17.0 Å². The van der Waals surface area contributed by atoms with Crippen molar-refractivity contribution in [2.75, 3.05) is 18.7 Å². The highest BCUT2D eigenvalue weighted by Crippen LogP contribution is 2.34. The first-order valence-corrected chi connectivity index (χ1v) is 5.72. The van der Waals surface area contributed by atoms with Crippen molar-refractivity contribution in [2.45, 2.75) is 45.5 Å². The summed E-state index contributed by atoms with van der Waals surface area (Å²) in [6.45, 7) is -1.19. The molecule has 2 rings (SSSR count). The molecule has 3 nitrogen and oxygen atoms in total. The molecule has 1 aliphatic heterocycles. The summed E-state index contributed by atoms with van der Waals surface area (Å²) >= 11 is 0. The number of ether oxygens (including phenoxy) is 1. The van der Waals surface area contributed by atoms with Crippen molar-refractivity contribution >= 4 is 5.69 Å². The molecule has 0 spiro atoms. The number of benzene rings is 1. The lowest BCUT2D eigenvalue weighted by molar-refractivity contribution is 0.243. The predicted octanol–water partition coefficient (Wildman–Crippen LogP) is 2.83. The SMILES string of the molecule is [2H]C(C)(C)Oc1cc(C2C([2H])([2H])C([2H])([2H])NC([2H])([2H])C2([2H])[2H])c(C)cc1N. The Morgan fingerprint density at radius 3 is 2.72 bits per heavy atom. The van der Waals surface area contributed by atoms with Gasteiger partial charge in [0.05, 0.1) is 13.1 Å². The number of rotatable bonds is 3. The minimum Gasteiger partial charge on any atom is -0.489 e. The predicted molar refractivity (Wildman–Crippen MR) is 76.2 cm³/mol. The molecular formula is C15H24N2O. The molecule has 0 atom stereocenters. The molecule has 1 aromatic rings. The second-order valence-electron chi connectivity index (χ2n) is 4.35. The molecule has 0 radical (unpaired) electrons. The van der Waals surface area contributed by atoms with Gasteiger partial charge in [-0.25, -0.2) is 0 Å². The maximum atomic E-state index is 8.27.